The summed E-state index contributed by atoms with van der Waals surface area (Å²) >= 11 is 1.43. The molecule has 1 aromatic heterocycles. The Morgan fingerprint density at radius 2 is 2.07 bits per heavy atom. The molecular formula is C21H32N2O4S. The number of nitrogens with zero attached hydrogens (tertiary/aromatic N) is 2. The third-order valence-electron chi connectivity index (χ3n) is 7.04. The molecule has 3 fully saturated rings. The smallest absolute Gasteiger partial charge is 0.265 e. The minimum absolute atomic E-state index is 0.0610. The molecule has 1 amide bonds. The lowest BCUT2D eigenvalue weighted by Crippen LogP contribution is -2.45. The van der Waals surface area contributed by atoms with E-state index in [9.17, 15) is 9.90 Å². The van der Waals surface area contributed by atoms with Crippen molar-refractivity contribution in [3.63, 3.8) is 0 Å². The van der Waals surface area contributed by atoms with Crippen LogP contribution in [0, 0.1) is 12.3 Å². The number of likely N-dealkylation sites (tertiary alicyclic amines) is 1. The van der Waals surface area contributed by atoms with Gasteiger partial charge in [0.1, 0.15) is 4.88 Å². The maximum Gasteiger partial charge on any atom is 0.265 e. The molecule has 4 heterocycles. The molecule has 0 unspecified atom stereocenters. The Labute approximate surface area is 171 Å². The predicted octanol–water partition coefficient (Wildman–Crippen LogP) is 3.17. The highest BCUT2D eigenvalue weighted by Gasteiger charge is 2.53. The summed E-state index contributed by atoms with van der Waals surface area (Å²) in [6.07, 6.45) is 4.62. The summed E-state index contributed by atoms with van der Waals surface area (Å²) in [5, 5.41) is 10.3. The van der Waals surface area contributed by atoms with Crippen LogP contribution in [0.5, 0.6) is 0 Å². The maximum atomic E-state index is 12.8. The van der Waals surface area contributed by atoms with Crippen molar-refractivity contribution >= 4 is 17.2 Å². The molecule has 7 heteroatoms. The lowest BCUT2D eigenvalue weighted by atomic mass is 9.74. The third kappa shape index (κ3) is 3.62. The number of carbonyl (C=O) groups excluding carboxylic acids is 1. The van der Waals surface area contributed by atoms with Gasteiger partial charge in [0.25, 0.3) is 5.91 Å². The summed E-state index contributed by atoms with van der Waals surface area (Å²) in [7, 11) is 0. The summed E-state index contributed by atoms with van der Waals surface area (Å²) in [4.78, 5) is 19.7. The fraction of sp³-hybridized carbons (Fsp3) is 0.810. The minimum Gasteiger partial charge on any atom is -0.388 e. The molecule has 0 bridgehead atoms. The van der Waals surface area contributed by atoms with Gasteiger partial charge < -0.3 is 19.5 Å². The van der Waals surface area contributed by atoms with Crippen LogP contribution in [-0.2, 0) is 9.47 Å². The first-order valence-electron chi connectivity index (χ1n) is 10.3. The molecule has 0 aliphatic carbocycles. The number of hydrogen-bond acceptors (Lipinski definition) is 6. The van der Waals surface area contributed by atoms with Crippen molar-refractivity contribution in [2.75, 3.05) is 19.7 Å². The minimum atomic E-state index is -0.825. The maximum absolute atomic E-state index is 12.8. The Morgan fingerprint density at radius 1 is 1.36 bits per heavy atom. The van der Waals surface area contributed by atoms with E-state index in [1.54, 1.807) is 5.51 Å². The van der Waals surface area contributed by atoms with Gasteiger partial charge in [-0.15, -0.1) is 11.3 Å². The second-order valence-electron chi connectivity index (χ2n) is 9.67. The Kier molecular flexibility index (Phi) is 5.10. The van der Waals surface area contributed by atoms with Gasteiger partial charge in [0.05, 0.1) is 41.2 Å². The van der Waals surface area contributed by atoms with E-state index in [0.717, 1.165) is 62.4 Å². The van der Waals surface area contributed by atoms with Gasteiger partial charge in [0.2, 0.25) is 0 Å². The molecule has 4 rings (SSSR count). The van der Waals surface area contributed by atoms with E-state index >= 15 is 0 Å². The first-order chi connectivity index (χ1) is 13.1. The van der Waals surface area contributed by atoms with Crippen molar-refractivity contribution in [3.8, 4) is 0 Å². The van der Waals surface area contributed by atoms with Crippen LogP contribution in [-0.4, -0.2) is 64.0 Å². The number of amides is 1. The van der Waals surface area contributed by atoms with Crippen molar-refractivity contribution in [3.05, 3.63) is 16.1 Å². The topological polar surface area (TPSA) is 71.9 Å². The van der Waals surface area contributed by atoms with Crippen LogP contribution < -0.4 is 0 Å². The van der Waals surface area contributed by atoms with Crippen LogP contribution in [0.4, 0.5) is 0 Å². The number of piperidine rings is 1. The molecular weight excluding hydrogens is 376 g/mol. The number of hydrogen-bond donors (Lipinski definition) is 1. The summed E-state index contributed by atoms with van der Waals surface area (Å²) in [5.41, 5.74) is 1.55. The highest BCUT2D eigenvalue weighted by molar-refractivity contribution is 7.11. The van der Waals surface area contributed by atoms with Crippen LogP contribution in [0.15, 0.2) is 5.51 Å². The first kappa shape index (κ1) is 20.3. The standard InChI is InChI=1S/C21H32N2O4S/c1-14-17(28-13-22-14)18(24)23-9-7-21(8-10-23)11-16(26-12-21)20(4)6-5-15(27-20)19(2,3)25/h13,15-16,25H,5-12H2,1-4H3/t15-,16-,20+/m0/s1. The summed E-state index contributed by atoms with van der Waals surface area (Å²) in [5.74, 6) is 0.115. The average Bonchev–Trinajstić information content (AvgIpc) is 3.34. The van der Waals surface area contributed by atoms with Crippen molar-refractivity contribution in [2.24, 2.45) is 5.41 Å². The van der Waals surface area contributed by atoms with Crippen LogP contribution in [0.1, 0.15) is 68.2 Å². The van der Waals surface area contributed by atoms with Crippen molar-refractivity contribution < 1.29 is 19.4 Å². The zero-order chi connectivity index (χ0) is 20.2. The fourth-order valence-electron chi connectivity index (χ4n) is 4.96. The van der Waals surface area contributed by atoms with Crippen molar-refractivity contribution in [1.29, 1.82) is 0 Å². The van der Waals surface area contributed by atoms with Gasteiger partial charge in [-0.2, -0.15) is 0 Å². The zero-order valence-corrected chi connectivity index (χ0v) is 18.2. The predicted molar refractivity (Wildman–Crippen MR) is 108 cm³/mol. The molecule has 0 saturated carbocycles. The Hall–Kier alpha value is -1.02. The highest BCUT2D eigenvalue weighted by Crippen LogP contribution is 2.49. The number of thiazole rings is 1. The van der Waals surface area contributed by atoms with E-state index < -0.39 is 5.60 Å². The Balaban J connectivity index is 1.36. The molecule has 3 aliphatic heterocycles. The lowest BCUT2D eigenvalue weighted by Gasteiger charge is -2.39. The highest BCUT2D eigenvalue weighted by atomic mass is 32.1. The van der Waals surface area contributed by atoms with Gasteiger partial charge in [-0.1, -0.05) is 0 Å². The molecule has 0 radical (unpaired) electrons. The molecule has 6 nitrogen and oxygen atoms in total. The molecule has 1 aromatic rings. The van der Waals surface area contributed by atoms with Crippen LogP contribution in [0.2, 0.25) is 0 Å². The monoisotopic (exact) mass is 408 g/mol. The Bertz CT molecular complexity index is 735. The summed E-state index contributed by atoms with van der Waals surface area (Å²) < 4.78 is 12.6. The third-order valence-corrected chi connectivity index (χ3v) is 7.96. The van der Waals surface area contributed by atoms with Crippen LogP contribution in [0.3, 0.4) is 0 Å². The molecule has 156 valence electrons. The fourth-order valence-corrected chi connectivity index (χ4v) is 5.73. The molecule has 1 N–H and O–H groups in total. The van der Waals surface area contributed by atoms with Crippen LogP contribution >= 0.6 is 11.3 Å². The second-order valence-corrected chi connectivity index (χ2v) is 10.5. The van der Waals surface area contributed by atoms with Gasteiger partial charge >= 0.3 is 0 Å². The average molecular weight is 409 g/mol. The Morgan fingerprint density at radius 3 is 2.64 bits per heavy atom. The van der Waals surface area contributed by atoms with Crippen molar-refractivity contribution in [1.82, 2.24) is 9.88 Å². The van der Waals surface area contributed by atoms with E-state index in [0.29, 0.717) is 0 Å². The van der Waals surface area contributed by atoms with Gasteiger partial charge in [0.15, 0.2) is 0 Å². The van der Waals surface area contributed by atoms with E-state index in [2.05, 4.69) is 11.9 Å². The van der Waals surface area contributed by atoms with Gasteiger partial charge in [-0.3, -0.25) is 4.79 Å². The number of aryl methyl sites for hydroxylation is 1. The number of aromatic nitrogens is 1. The normalized spacial score (nSPS) is 33.0. The van der Waals surface area contributed by atoms with Crippen molar-refractivity contribution in [2.45, 2.75) is 83.2 Å². The van der Waals surface area contributed by atoms with Gasteiger partial charge in [-0.25, -0.2) is 4.98 Å². The van der Waals surface area contributed by atoms with Gasteiger partial charge in [-0.05, 0) is 65.2 Å². The van der Waals surface area contributed by atoms with E-state index in [1.807, 2.05) is 25.7 Å². The zero-order valence-electron chi connectivity index (χ0n) is 17.4. The van der Waals surface area contributed by atoms with Crippen LogP contribution in [0.25, 0.3) is 0 Å². The molecule has 1 spiro atoms. The van der Waals surface area contributed by atoms with Gasteiger partial charge in [0, 0.05) is 13.1 Å². The first-order valence-corrected chi connectivity index (χ1v) is 11.2. The van der Waals surface area contributed by atoms with E-state index in [-0.39, 0.29) is 29.1 Å². The van der Waals surface area contributed by atoms with E-state index in [1.165, 1.54) is 11.3 Å². The number of ether oxygens (including phenoxy) is 2. The largest absolute Gasteiger partial charge is 0.388 e. The summed E-state index contributed by atoms with van der Waals surface area (Å²) in [6, 6.07) is 0. The summed E-state index contributed by atoms with van der Waals surface area (Å²) in [6.45, 7) is 9.95. The second kappa shape index (κ2) is 7.04. The molecule has 3 aliphatic rings. The molecule has 3 saturated heterocycles. The lowest BCUT2D eigenvalue weighted by molar-refractivity contribution is -0.155. The number of rotatable bonds is 3. The number of aliphatic hydroxyl groups is 1. The quantitative estimate of drug-likeness (QED) is 0.832. The van der Waals surface area contributed by atoms with E-state index in [4.69, 9.17) is 9.47 Å². The molecule has 0 aromatic carbocycles. The SMILES string of the molecule is Cc1ncsc1C(=O)N1CCC2(CC1)CO[C@H]([C@@]1(C)CC[C@@H](C(C)(C)O)O1)C2. The number of carbonyl (C=O) groups is 1. The molecule has 28 heavy (non-hydrogen) atoms. The molecule has 3 atom stereocenters.